The average molecular weight is 582 g/mol. The number of amides is 1. The first-order valence-electron chi connectivity index (χ1n) is 14.1. The number of hydrogen-bond donors (Lipinski definition) is 5. The van der Waals surface area contributed by atoms with E-state index in [1.807, 2.05) is 35.3 Å². The van der Waals surface area contributed by atoms with E-state index in [1.54, 1.807) is 6.92 Å². The van der Waals surface area contributed by atoms with Crippen LogP contribution in [0.25, 0.3) is 0 Å². The smallest absolute Gasteiger partial charge is 0.328 e. The highest BCUT2D eigenvalue weighted by atomic mass is 16.5. The van der Waals surface area contributed by atoms with Crippen molar-refractivity contribution in [3.8, 4) is 0 Å². The van der Waals surface area contributed by atoms with Crippen LogP contribution in [-0.2, 0) is 30.3 Å². The summed E-state index contributed by atoms with van der Waals surface area (Å²) in [5, 5.41) is 24.4. The van der Waals surface area contributed by atoms with Crippen LogP contribution < -0.4 is 16.8 Å². The van der Waals surface area contributed by atoms with Crippen LogP contribution in [0.5, 0.6) is 0 Å². The number of carbonyl (C=O) groups excluding carboxylic acids is 2. The fraction of sp³-hybridized carbons (Fsp3) is 0.643. The number of benzene rings is 1. The molecule has 0 saturated carbocycles. The summed E-state index contributed by atoms with van der Waals surface area (Å²) in [5.41, 5.74) is 11.5. The molecule has 2 aliphatic rings. The van der Waals surface area contributed by atoms with Gasteiger partial charge in [-0.25, -0.2) is 9.80 Å². The Kier molecular flexibility index (Phi) is 16.7. The van der Waals surface area contributed by atoms with E-state index < -0.39 is 36.1 Å². The molecule has 2 fully saturated rings. The van der Waals surface area contributed by atoms with Gasteiger partial charge < -0.3 is 31.9 Å². The van der Waals surface area contributed by atoms with Crippen molar-refractivity contribution in [2.45, 2.75) is 88.9 Å². The van der Waals surface area contributed by atoms with Crippen molar-refractivity contribution >= 4 is 23.8 Å². The maximum Gasteiger partial charge on any atom is 0.328 e. The molecule has 41 heavy (non-hydrogen) atoms. The van der Waals surface area contributed by atoms with Gasteiger partial charge in [0.2, 0.25) is 0 Å². The number of nitrogens with two attached hydrogens (primary N) is 2. The summed E-state index contributed by atoms with van der Waals surface area (Å²) in [6.45, 7) is 3.94. The molecule has 1 unspecified atom stereocenters. The second kappa shape index (κ2) is 19.1. The van der Waals surface area contributed by atoms with Crippen molar-refractivity contribution in [1.29, 1.82) is 0 Å². The van der Waals surface area contributed by atoms with Crippen LogP contribution in [0.1, 0.15) is 63.9 Å². The predicted molar refractivity (Wildman–Crippen MR) is 153 cm³/mol. The minimum Gasteiger partial charge on any atom is -0.480 e. The monoisotopic (exact) mass is 581 g/mol. The molecule has 2 heterocycles. The summed E-state index contributed by atoms with van der Waals surface area (Å²) in [6.07, 6.45) is 5.84. The minimum absolute atomic E-state index is 0. The molecule has 0 aliphatic carbocycles. The van der Waals surface area contributed by atoms with E-state index in [9.17, 15) is 24.3 Å². The van der Waals surface area contributed by atoms with Gasteiger partial charge >= 0.3 is 17.9 Å². The number of nitrogens with one attached hydrogen (secondary N) is 1. The lowest BCUT2D eigenvalue weighted by molar-refractivity contribution is -0.174. The van der Waals surface area contributed by atoms with Gasteiger partial charge in [-0.05, 0) is 70.4 Å². The van der Waals surface area contributed by atoms with Crippen molar-refractivity contribution in [2.75, 3.05) is 26.2 Å². The van der Waals surface area contributed by atoms with Gasteiger partial charge in [-0.15, -0.1) is 0 Å². The molecule has 1 aromatic rings. The van der Waals surface area contributed by atoms with E-state index in [0.29, 0.717) is 51.7 Å². The molecule has 1 amide bonds. The van der Waals surface area contributed by atoms with E-state index in [0.717, 1.165) is 31.2 Å². The number of esters is 1. The molecular formula is C28H47N5O8. The molecule has 13 nitrogen and oxygen atoms in total. The largest absolute Gasteiger partial charge is 0.480 e. The maximum absolute atomic E-state index is 13.3. The zero-order chi connectivity index (χ0) is 29.5. The maximum atomic E-state index is 13.3. The molecule has 3 rings (SSSR count). The van der Waals surface area contributed by atoms with E-state index in [1.165, 1.54) is 5.01 Å². The molecule has 13 heteroatoms. The summed E-state index contributed by atoms with van der Waals surface area (Å²) < 4.78 is 5.24. The normalized spacial score (nSPS) is 20.3. The second-order valence-corrected chi connectivity index (χ2v) is 10.1. The third-order valence-electron chi connectivity index (χ3n) is 7.04. The van der Waals surface area contributed by atoms with Gasteiger partial charge in [-0.2, -0.15) is 0 Å². The standard InChI is InChI=1S/C22H31N3O5.C6H14N2O2.H2O/c1-2-30-22(29)18(13-12-16-8-4-3-5-9-16)23-17-10-6-14-24-15-7-11-19(21(27)28)25(24)20(17)26;7-4-2-1-3-5(8)6(9)10;/h3-5,8-9,17-19,23H,2,6-7,10-15H2,1H3,(H,27,28);5H,1-4,7-8H2,(H,9,10);1H2/t17-,18-,19-;;/m0../s1. The summed E-state index contributed by atoms with van der Waals surface area (Å²) in [7, 11) is 0. The average Bonchev–Trinajstić information content (AvgIpc) is 3.10. The predicted octanol–water partition coefficient (Wildman–Crippen LogP) is 0.298. The number of ether oxygens (including phenoxy) is 1. The van der Waals surface area contributed by atoms with Gasteiger partial charge in [-0.1, -0.05) is 36.8 Å². The van der Waals surface area contributed by atoms with Crippen molar-refractivity contribution in [1.82, 2.24) is 15.3 Å². The molecule has 9 N–H and O–H groups in total. The Morgan fingerprint density at radius 3 is 2.32 bits per heavy atom. The number of fused-ring (bicyclic) bond motifs is 1. The van der Waals surface area contributed by atoms with Crippen LogP contribution in [-0.4, -0.2) is 99.9 Å². The Hall–Kier alpha value is -3.10. The lowest BCUT2D eigenvalue weighted by atomic mass is 10.0. The Morgan fingerprint density at radius 2 is 1.73 bits per heavy atom. The van der Waals surface area contributed by atoms with Gasteiger partial charge in [0, 0.05) is 13.1 Å². The number of unbranched alkanes of at least 4 members (excludes halogenated alkanes) is 1. The molecule has 2 aliphatic heterocycles. The van der Waals surface area contributed by atoms with Crippen molar-refractivity contribution in [2.24, 2.45) is 11.5 Å². The molecular weight excluding hydrogens is 534 g/mol. The van der Waals surface area contributed by atoms with Crippen LogP contribution in [0.2, 0.25) is 0 Å². The summed E-state index contributed by atoms with van der Waals surface area (Å²) in [5.74, 6) is -2.57. The van der Waals surface area contributed by atoms with E-state index in [4.69, 9.17) is 21.3 Å². The van der Waals surface area contributed by atoms with Crippen molar-refractivity contribution in [3.05, 3.63) is 35.9 Å². The Labute approximate surface area is 241 Å². The van der Waals surface area contributed by atoms with Gasteiger partial charge in [0.05, 0.1) is 12.6 Å². The van der Waals surface area contributed by atoms with Crippen LogP contribution >= 0.6 is 0 Å². The number of aryl methyl sites for hydroxylation is 1. The molecule has 232 valence electrons. The van der Waals surface area contributed by atoms with E-state index in [-0.39, 0.29) is 24.0 Å². The third-order valence-corrected chi connectivity index (χ3v) is 7.04. The first-order chi connectivity index (χ1) is 19.2. The quantitative estimate of drug-likeness (QED) is 0.157. The summed E-state index contributed by atoms with van der Waals surface area (Å²) >= 11 is 0. The minimum atomic E-state index is -0.986. The topological polar surface area (TPSA) is 220 Å². The Morgan fingerprint density at radius 1 is 1.07 bits per heavy atom. The molecule has 1 aromatic carbocycles. The SMILES string of the molecule is CCOC(=O)[C@H](CCc1ccccc1)N[C@H]1CCCN2CCC[C@@H](C(=O)O)N2C1=O.NCCCCC(N)C(=O)O.O. The second-order valence-electron chi connectivity index (χ2n) is 10.1. The number of nitrogens with zero attached hydrogens (tertiary/aromatic N) is 2. The summed E-state index contributed by atoms with van der Waals surface area (Å²) in [6, 6.07) is 7.05. The number of rotatable bonds is 13. The molecule has 0 aromatic heterocycles. The Bertz CT molecular complexity index is 951. The van der Waals surface area contributed by atoms with E-state index >= 15 is 0 Å². The molecule has 0 bridgehead atoms. The van der Waals surface area contributed by atoms with Gasteiger partial charge in [-0.3, -0.25) is 24.7 Å². The van der Waals surface area contributed by atoms with Gasteiger partial charge in [0.25, 0.3) is 5.91 Å². The number of carboxylic acid groups (broad SMARTS) is 2. The Balaban J connectivity index is 0.000000656. The van der Waals surface area contributed by atoms with Crippen molar-refractivity contribution < 1.29 is 39.6 Å². The number of carboxylic acids is 2. The molecule has 0 spiro atoms. The lowest BCUT2D eigenvalue weighted by Crippen LogP contribution is -2.61. The molecule has 4 atom stereocenters. The first kappa shape index (κ1) is 35.9. The van der Waals surface area contributed by atoms with Crippen LogP contribution in [0.15, 0.2) is 30.3 Å². The van der Waals surface area contributed by atoms with Crippen LogP contribution in [0.4, 0.5) is 0 Å². The molecule has 0 radical (unpaired) electrons. The van der Waals surface area contributed by atoms with Gasteiger partial charge in [0.1, 0.15) is 18.1 Å². The lowest BCUT2D eigenvalue weighted by Gasteiger charge is -2.42. The van der Waals surface area contributed by atoms with Crippen LogP contribution in [0.3, 0.4) is 0 Å². The number of hydrazine groups is 1. The van der Waals surface area contributed by atoms with Crippen LogP contribution in [0, 0.1) is 0 Å². The van der Waals surface area contributed by atoms with Crippen molar-refractivity contribution in [3.63, 3.8) is 0 Å². The fourth-order valence-corrected chi connectivity index (χ4v) is 4.89. The number of hydrogen-bond acceptors (Lipinski definition) is 9. The zero-order valence-corrected chi connectivity index (χ0v) is 23.9. The highest BCUT2D eigenvalue weighted by Crippen LogP contribution is 2.24. The number of aliphatic carboxylic acids is 2. The highest BCUT2D eigenvalue weighted by molar-refractivity contribution is 5.87. The van der Waals surface area contributed by atoms with E-state index in [2.05, 4.69) is 5.32 Å². The zero-order valence-electron chi connectivity index (χ0n) is 23.9. The van der Waals surface area contributed by atoms with Gasteiger partial charge in [0.15, 0.2) is 0 Å². The highest BCUT2D eigenvalue weighted by Gasteiger charge is 2.42. The third kappa shape index (κ3) is 11.7. The molecule has 2 saturated heterocycles. The number of carbonyl (C=O) groups is 4. The first-order valence-corrected chi connectivity index (χ1v) is 14.1. The fourth-order valence-electron chi connectivity index (χ4n) is 4.89. The summed E-state index contributed by atoms with van der Waals surface area (Å²) in [4.78, 5) is 47.7.